The zero-order valence-electron chi connectivity index (χ0n) is 19.5. The average molecular weight is 461 g/mol. The summed E-state index contributed by atoms with van der Waals surface area (Å²) >= 11 is 0. The van der Waals surface area contributed by atoms with Gasteiger partial charge in [-0.2, -0.15) is 0 Å². The topological polar surface area (TPSA) is 72.2 Å². The average Bonchev–Trinajstić information content (AvgIpc) is 3.23. The van der Waals surface area contributed by atoms with Crippen molar-refractivity contribution in [1.82, 2.24) is 4.98 Å². The van der Waals surface area contributed by atoms with Gasteiger partial charge in [0, 0.05) is 16.8 Å². The molecule has 1 heterocycles. The van der Waals surface area contributed by atoms with Gasteiger partial charge in [-0.05, 0) is 66.8 Å². The van der Waals surface area contributed by atoms with Crippen LogP contribution in [0.4, 0.5) is 5.69 Å². The second-order valence-electron chi connectivity index (χ2n) is 9.31. The van der Waals surface area contributed by atoms with Crippen molar-refractivity contribution < 1.29 is 12.8 Å². The number of nitrogens with one attached hydrogen (secondary N) is 1. The lowest BCUT2D eigenvalue weighted by Gasteiger charge is -2.19. The number of sulfonamides is 1. The van der Waals surface area contributed by atoms with Crippen LogP contribution in [0.2, 0.25) is 0 Å². The lowest BCUT2D eigenvalue weighted by molar-refractivity contribution is 0.575. The Hall–Kier alpha value is -3.38. The summed E-state index contributed by atoms with van der Waals surface area (Å²) in [7, 11) is -3.68. The Morgan fingerprint density at radius 2 is 1.55 bits per heavy atom. The standard InChI is InChI=1S/C27H28N2O3S/c1-18-6-15-24(19(2)16-18)25-17-32-26(28-25)20-7-11-22(12-8-20)29-33(30,31)23-13-9-21(10-14-23)27(3,4)5/h6-17,29H,1-5H3. The van der Waals surface area contributed by atoms with E-state index >= 15 is 0 Å². The maximum absolute atomic E-state index is 12.8. The molecule has 0 spiro atoms. The summed E-state index contributed by atoms with van der Waals surface area (Å²) in [6, 6.07) is 20.2. The van der Waals surface area contributed by atoms with Gasteiger partial charge < -0.3 is 4.42 Å². The SMILES string of the molecule is Cc1ccc(-c2coc(-c3ccc(NS(=O)(=O)c4ccc(C(C)(C)C)cc4)cc3)n2)c(C)c1. The summed E-state index contributed by atoms with van der Waals surface area (Å²) in [6.45, 7) is 10.4. The van der Waals surface area contributed by atoms with Gasteiger partial charge in [-0.1, -0.05) is 56.7 Å². The van der Waals surface area contributed by atoms with Crippen LogP contribution in [-0.2, 0) is 15.4 Å². The molecule has 4 rings (SSSR count). The molecular formula is C27H28N2O3S. The molecule has 0 unspecified atom stereocenters. The van der Waals surface area contributed by atoms with Crippen LogP contribution in [0.3, 0.4) is 0 Å². The van der Waals surface area contributed by atoms with Crippen molar-refractivity contribution in [3.8, 4) is 22.7 Å². The zero-order chi connectivity index (χ0) is 23.8. The van der Waals surface area contributed by atoms with E-state index in [0.29, 0.717) is 11.6 Å². The van der Waals surface area contributed by atoms with Crippen LogP contribution in [-0.4, -0.2) is 13.4 Å². The van der Waals surface area contributed by atoms with E-state index in [1.165, 1.54) is 5.56 Å². The molecular weight excluding hydrogens is 432 g/mol. The van der Waals surface area contributed by atoms with Crippen LogP contribution >= 0.6 is 0 Å². The highest BCUT2D eigenvalue weighted by molar-refractivity contribution is 7.92. The third-order valence-corrected chi connectivity index (χ3v) is 6.97. The quantitative estimate of drug-likeness (QED) is 0.359. The second-order valence-corrected chi connectivity index (χ2v) is 11.0. The summed E-state index contributed by atoms with van der Waals surface area (Å²) < 4.78 is 33.9. The predicted molar refractivity (Wildman–Crippen MR) is 133 cm³/mol. The molecule has 0 amide bonds. The molecule has 6 heteroatoms. The van der Waals surface area contributed by atoms with Crippen LogP contribution in [0.25, 0.3) is 22.7 Å². The van der Waals surface area contributed by atoms with Crippen molar-refractivity contribution in [2.45, 2.75) is 44.9 Å². The van der Waals surface area contributed by atoms with E-state index in [-0.39, 0.29) is 10.3 Å². The van der Waals surface area contributed by atoms with Gasteiger partial charge in [-0.3, -0.25) is 4.72 Å². The zero-order valence-corrected chi connectivity index (χ0v) is 20.3. The Balaban J connectivity index is 1.51. The first-order valence-electron chi connectivity index (χ1n) is 10.8. The van der Waals surface area contributed by atoms with E-state index in [2.05, 4.69) is 43.5 Å². The van der Waals surface area contributed by atoms with Gasteiger partial charge in [0.2, 0.25) is 5.89 Å². The normalized spacial score (nSPS) is 12.0. The highest BCUT2D eigenvalue weighted by atomic mass is 32.2. The molecule has 0 fully saturated rings. The van der Waals surface area contributed by atoms with Crippen LogP contribution in [0.1, 0.15) is 37.5 Å². The summed E-state index contributed by atoms with van der Waals surface area (Å²) in [5.74, 6) is 0.483. The van der Waals surface area contributed by atoms with E-state index in [1.54, 1.807) is 42.7 Å². The molecule has 0 saturated carbocycles. The van der Waals surface area contributed by atoms with Crippen molar-refractivity contribution in [1.29, 1.82) is 0 Å². The highest BCUT2D eigenvalue weighted by Crippen LogP contribution is 2.29. The van der Waals surface area contributed by atoms with E-state index in [0.717, 1.165) is 27.9 Å². The lowest BCUT2D eigenvalue weighted by Crippen LogP contribution is -2.14. The molecule has 33 heavy (non-hydrogen) atoms. The van der Waals surface area contributed by atoms with Crippen molar-refractivity contribution in [3.63, 3.8) is 0 Å². The molecule has 0 aliphatic carbocycles. The molecule has 0 aliphatic heterocycles. The van der Waals surface area contributed by atoms with E-state index in [9.17, 15) is 8.42 Å². The van der Waals surface area contributed by atoms with Gasteiger partial charge in [-0.25, -0.2) is 13.4 Å². The van der Waals surface area contributed by atoms with Gasteiger partial charge in [0.25, 0.3) is 10.0 Å². The third-order valence-electron chi connectivity index (χ3n) is 5.58. The van der Waals surface area contributed by atoms with E-state index in [1.807, 2.05) is 31.2 Å². The molecule has 170 valence electrons. The second kappa shape index (κ2) is 8.52. The number of benzene rings is 3. The van der Waals surface area contributed by atoms with Gasteiger partial charge >= 0.3 is 0 Å². The summed E-state index contributed by atoms with van der Waals surface area (Å²) in [5, 5.41) is 0. The fraction of sp³-hybridized carbons (Fsp3) is 0.222. The number of hydrogen-bond donors (Lipinski definition) is 1. The van der Waals surface area contributed by atoms with Crippen molar-refractivity contribution >= 4 is 15.7 Å². The molecule has 0 saturated heterocycles. The monoisotopic (exact) mass is 460 g/mol. The van der Waals surface area contributed by atoms with Crippen molar-refractivity contribution in [2.75, 3.05) is 4.72 Å². The fourth-order valence-electron chi connectivity index (χ4n) is 3.66. The largest absolute Gasteiger partial charge is 0.444 e. The number of oxazole rings is 1. The van der Waals surface area contributed by atoms with Gasteiger partial charge in [0.1, 0.15) is 12.0 Å². The molecule has 3 aromatic carbocycles. The van der Waals surface area contributed by atoms with E-state index < -0.39 is 10.0 Å². The molecule has 0 bridgehead atoms. The molecule has 1 aromatic heterocycles. The number of hydrogen-bond acceptors (Lipinski definition) is 4. The Morgan fingerprint density at radius 1 is 0.879 bits per heavy atom. The molecule has 0 radical (unpaired) electrons. The maximum Gasteiger partial charge on any atom is 0.261 e. The molecule has 0 atom stereocenters. The smallest absolute Gasteiger partial charge is 0.261 e. The minimum absolute atomic E-state index is 0.0382. The minimum atomic E-state index is -3.68. The first kappa shape index (κ1) is 22.8. The molecule has 0 aliphatic rings. The fourth-order valence-corrected chi connectivity index (χ4v) is 4.72. The summed E-state index contributed by atoms with van der Waals surface area (Å²) in [5.41, 5.74) is 6.41. The molecule has 4 aromatic rings. The van der Waals surface area contributed by atoms with Gasteiger partial charge in [0.05, 0.1) is 4.90 Å². The maximum atomic E-state index is 12.8. The highest BCUT2D eigenvalue weighted by Gasteiger charge is 2.18. The summed E-state index contributed by atoms with van der Waals surface area (Å²) in [6.07, 6.45) is 1.64. The molecule has 1 N–H and O–H groups in total. The predicted octanol–water partition coefficient (Wildman–Crippen LogP) is 6.72. The van der Waals surface area contributed by atoms with Crippen molar-refractivity contribution in [2.24, 2.45) is 0 Å². The first-order chi connectivity index (χ1) is 15.5. The Kier molecular flexibility index (Phi) is 5.89. The summed E-state index contributed by atoms with van der Waals surface area (Å²) in [4.78, 5) is 4.84. The Labute approximate surface area is 195 Å². The third kappa shape index (κ3) is 5.01. The number of nitrogens with zero attached hydrogens (tertiary/aromatic N) is 1. The minimum Gasteiger partial charge on any atom is -0.444 e. The number of aromatic nitrogens is 1. The van der Waals surface area contributed by atoms with Gasteiger partial charge in [0.15, 0.2) is 0 Å². The molecule has 5 nitrogen and oxygen atoms in total. The van der Waals surface area contributed by atoms with Crippen LogP contribution in [0, 0.1) is 13.8 Å². The number of anilines is 1. The number of rotatable bonds is 5. The first-order valence-corrected chi connectivity index (χ1v) is 12.3. The Bertz CT molecular complexity index is 1380. The van der Waals surface area contributed by atoms with Crippen LogP contribution in [0.15, 0.2) is 82.3 Å². The number of aryl methyl sites for hydroxylation is 2. The van der Waals surface area contributed by atoms with Crippen LogP contribution in [0.5, 0.6) is 0 Å². The Morgan fingerprint density at radius 3 is 2.15 bits per heavy atom. The van der Waals surface area contributed by atoms with E-state index in [4.69, 9.17) is 4.42 Å². The van der Waals surface area contributed by atoms with Crippen LogP contribution < -0.4 is 4.72 Å². The van der Waals surface area contributed by atoms with Gasteiger partial charge in [-0.15, -0.1) is 0 Å². The van der Waals surface area contributed by atoms with Crippen molar-refractivity contribution in [3.05, 3.63) is 89.7 Å². The lowest BCUT2D eigenvalue weighted by atomic mass is 9.87.